The van der Waals surface area contributed by atoms with Crippen LogP contribution >= 0.6 is 11.6 Å². The Kier molecular flexibility index (Phi) is 7.74. The number of ether oxygens (including phenoxy) is 2. The van der Waals surface area contributed by atoms with Gasteiger partial charge in [-0.1, -0.05) is 11.6 Å². The van der Waals surface area contributed by atoms with Crippen molar-refractivity contribution >= 4 is 52.2 Å². The van der Waals surface area contributed by atoms with Gasteiger partial charge < -0.3 is 35.6 Å². The summed E-state index contributed by atoms with van der Waals surface area (Å²) in [5, 5.41) is 18.0. The predicted octanol–water partition coefficient (Wildman–Crippen LogP) is 3.74. The van der Waals surface area contributed by atoms with Crippen LogP contribution in [-0.2, 0) is 0 Å². The van der Waals surface area contributed by atoms with Gasteiger partial charge in [-0.3, -0.25) is 10.1 Å². The zero-order valence-electron chi connectivity index (χ0n) is 20.1. The van der Waals surface area contributed by atoms with E-state index in [1.54, 1.807) is 18.2 Å². The Morgan fingerprint density at radius 1 is 1.16 bits per heavy atom. The van der Waals surface area contributed by atoms with E-state index in [9.17, 15) is 14.9 Å². The molecule has 0 aliphatic carbocycles. The highest BCUT2D eigenvalue weighted by atomic mass is 35.5. The van der Waals surface area contributed by atoms with E-state index in [1.807, 2.05) is 11.9 Å². The number of halogens is 1. The number of aromatic nitrogens is 2. The number of piperazine rings is 1. The molecule has 14 heteroatoms. The number of nitro benzene ring substituents is 1. The van der Waals surface area contributed by atoms with E-state index in [1.165, 1.54) is 31.5 Å². The van der Waals surface area contributed by atoms with E-state index in [2.05, 4.69) is 25.5 Å². The van der Waals surface area contributed by atoms with Crippen molar-refractivity contribution in [3.63, 3.8) is 0 Å². The number of rotatable bonds is 8. The number of amides is 1. The molecule has 1 saturated heterocycles. The molecule has 0 atom stereocenters. The smallest absolute Gasteiger partial charge is 0.409 e. The van der Waals surface area contributed by atoms with E-state index in [-0.39, 0.29) is 28.2 Å². The number of carbonyl (C=O) groups is 1. The van der Waals surface area contributed by atoms with E-state index < -0.39 is 11.0 Å². The van der Waals surface area contributed by atoms with Crippen molar-refractivity contribution in [3.8, 4) is 11.5 Å². The summed E-state index contributed by atoms with van der Waals surface area (Å²) >= 11 is 6.29. The van der Waals surface area contributed by atoms with Gasteiger partial charge in [-0.25, -0.2) is 9.78 Å². The highest BCUT2D eigenvalue weighted by Gasteiger charge is 2.23. The van der Waals surface area contributed by atoms with Crippen molar-refractivity contribution in [2.75, 3.05) is 55.9 Å². The van der Waals surface area contributed by atoms with Gasteiger partial charge in [0, 0.05) is 44.0 Å². The van der Waals surface area contributed by atoms with Crippen molar-refractivity contribution in [1.82, 2.24) is 14.9 Å². The number of nitro groups is 1. The van der Waals surface area contributed by atoms with Crippen molar-refractivity contribution in [2.45, 2.75) is 0 Å². The molecule has 37 heavy (non-hydrogen) atoms. The monoisotopic (exact) mass is 528 g/mol. The number of likely N-dealkylation sites (N-methyl/N-ethyl adjacent to an activating group) is 1. The summed E-state index contributed by atoms with van der Waals surface area (Å²) in [5.41, 5.74) is 6.48. The highest BCUT2D eigenvalue weighted by molar-refractivity contribution is 6.33. The lowest BCUT2D eigenvalue weighted by molar-refractivity contribution is -0.384. The molecule has 1 amide bonds. The maximum atomic E-state index is 11.8. The quantitative estimate of drug-likeness (QED) is 0.288. The van der Waals surface area contributed by atoms with Crippen LogP contribution in [-0.4, -0.2) is 66.2 Å². The second-order valence-corrected chi connectivity index (χ2v) is 8.58. The van der Waals surface area contributed by atoms with E-state index in [0.717, 1.165) is 13.1 Å². The molecule has 1 fully saturated rings. The summed E-state index contributed by atoms with van der Waals surface area (Å²) in [5.74, 6) is 0.984. The molecule has 1 aliphatic heterocycles. The summed E-state index contributed by atoms with van der Waals surface area (Å²) in [4.78, 5) is 35.3. The number of nitrogens with two attached hydrogens (primary N) is 1. The zero-order valence-corrected chi connectivity index (χ0v) is 20.9. The topological polar surface area (TPSA) is 161 Å². The number of benzene rings is 2. The fourth-order valence-corrected chi connectivity index (χ4v) is 3.94. The Hall–Kier alpha value is -4.36. The van der Waals surface area contributed by atoms with E-state index in [4.69, 9.17) is 26.8 Å². The van der Waals surface area contributed by atoms with E-state index >= 15 is 0 Å². The molecule has 0 spiro atoms. The molecule has 4 rings (SSSR count). The number of nitrogens with one attached hydrogen (secondary N) is 2. The molecule has 194 valence electrons. The zero-order chi connectivity index (χ0) is 26.5. The van der Waals surface area contributed by atoms with Crippen LogP contribution in [0, 0.1) is 10.1 Å². The number of nitrogens with zero attached hydrogens (tertiary/aromatic N) is 5. The first-order chi connectivity index (χ1) is 17.7. The van der Waals surface area contributed by atoms with Crippen molar-refractivity contribution in [3.05, 3.63) is 57.7 Å². The molecule has 0 saturated carbocycles. The molecule has 0 unspecified atom stereocenters. The summed E-state index contributed by atoms with van der Waals surface area (Å²) < 4.78 is 10.3. The third-order valence-electron chi connectivity index (χ3n) is 5.66. The Morgan fingerprint density at radius 2 is 1.92 bits per heavy atom. The van der Waals surface area contributed by atoms with Gasteiger partial charge in [0.25, 0.3) is 5.69 Å². The number of hydrogen-bond donors (Lipinski definition) is 3. The Labute approximate surface area is 217 Å². The Bertz CT molecular complexity index is 1320. The van der Waals surface area contributed by atoms with Gasteiger partial charge >= 0.3 is 6.09 Å². The van der Waals surface area contributed by atoms with Gasteiger partial charge in [0.15, 0.2) is 5.82 Å². The lowest BCUT2D eigenvalue weighted by Crippen LogP contribution is -2.44. The molecule has 0 bridgehead atoms. The third-order valence-corrected chi connectivity index (χ3v) is 5.94. The highest BCUT2D eigenvalue weighted by Crippen LogP contribution is 2.35. The molecule has 3 aromatic rings. The van der Waals surface area contributed by atoms with Gasteiger partial charge in [-0.15, -0.1) is 0 Å². The molecule has 1 aromatic heterocycles. The standard InChI is InChI=1S/C23H25ClN8O5/c1-30-7-9-31(10-8-30)18-5-3-14(11-19(18)32(34)35)27-23-26-13-16(24)21(29-23)28-17-12-15(37-22(25)33)4-6-20(17)36-2/h3-6,11-13H,7-10H2,1-2H3,(H2,25,33)(H2,26,27,28,29). The maximum absolute atomic E-state index is 11.8. The second kappa shape index (κ2) is 11.1. The summed E-state index contributed by atoms with van der Waals surface area (Å²) in [6.45, 7) is 3.06. The number of methoxy groups -OCH3 is 1. The van der Waals surface area contributed by atoms with Crippen molar-refractivity contribution in [1.29, 1.82) is 0 Å². The molecule has 1 aliphatic rings. The molecule has 4 N–H and O–H groups in total. The first kappa shape index (κ1) is 25.7. The normalized spacial score (nSPS) is 13.6. The number of anilines is 5. The second-order valence-electron chi connectivity index (χ2n) is 8.17. The first-order valence-corrected chi connectivity index (χ1v) is 11.5. The summed E-state index contributed by atoms with van der Waals surface area (Å²) in [6, 6.07) is 9.50. The molecular formula is C23H25ClN8O5. The van der Waals surface area contributed by atoms with Crippen LogP contribution in [0.1, 0.15) is 0 Å². The molecule has 2 aromatic carbocycles. The predicted molar refractivity (Wildman–Crippen MR) is 140 cm³/mol. The largest absolute Gasteiger partial charge is 0.495 e. The van der Waals surface area contributed by atoms with Crippen molar-refractivity contribution in [2.24, 2.45) is 5.73 Å². The molecule has 2 heterocycles. The van der Waals surface area contributed by atoms with Crippen LogP contribution in [0.5, 0.6) is 11.5 Å². The van der Waals surface area contributed by atoms with Gasteiger partial charge in [-0.2, -0.15) is 4.98 Å². The number of hydrogen-bond acceptors (Lipinski definition) is 11. The minimum absolute atomic E-state index is 0.0159. The van der Waals surface area contributed by atoms with Crippen LogP contribution in [0.3, 0.4) is 0 Å². The van der Waals surface area contributed by atoms with Gasteiger partial charge in [0.2, 0.25) is 5.95 Å². The fraction of sp³-hybridized carbons (Fsp3) is 0.261. The third kappa shape index (κ3) is 6.26. The first-order valence-electron chi connectivity index (χ1n) is 11.2. The van der Waals surface area contributed by atoms with Gasteiger partial charge in [-0.05, 0) is 31.3 Å². The van der Waals surface area contributed by atoms with Crippen LogP contribution in [0.2, 0.25) is 5.02 Å². The minimum atomic E-state index is -0.963. The average molecular weight is 529 g/mol. The van der Waals surface area contributed by atoms with Crippen LogP contribution in [0.4, 0.5) is 39.3 Å². The summed E-state index contributed by atoms with van der Waals surface area (Å²) in [6.07, 6.45) is 0.415. The molecular weight excluding hydrogens is 504 g/mol. The SMILES string of the molecule is COc1ccc(OC(N)=O)cc1Nc1nc(Nc2ccc(N3CCN(C)CC3)c([N+](=O)[O-])c2)ncc1Cl. The maximum Gasteiger partial charge on any atom is 0.409 e. The Balaban J connectivity index is 1.57. The number of primary amides is 1. The minimum Gasteiger partial charge on any atom is -0.495 e. The fourth-order valence-electron chi connectivity index (χ4n) is 3.80. The van der Waals surface area contributed by atoms with Crippen molar-refractivity contribution < 1.29 is 19.2 Å². The molecule has 0 radical (unpaired) electrons. The van der Waals surface area contributed by atoms with Gasteiger partial charge in [0.1, 0.15) is 22.2 Å². The van der Waals surface area contributed by atoms with E-state index in [0.29, 0.717) is 35.9 Å². The molecule has 13 nitrogen and oxygen atoms in total. The average Bonchev–Trinajstić information content (AvgIpc) is 2.86. The van der Waals surface area contributed by atoms with Crippen LogP contribution in [0.15, 0.2) is 42.6 Å². The lowest BCUT2D eigenvalue weighted by Gasteiger charge is -2.33. The van der Waals surface area contributed by atoms with Gasteiger partial charge in [0.05, 0.1) is 23.9 Å². The summed E-state index contributed by atoms with van der Waals surface area (Å²) in [7, 11) is 3.50. The number of carbonyl (C=O) groups excluding carboxylic acids is 1. The lowest BCUT2D eigenvalue weighted by atomic mass is 10.2. The van der Waals surface area contributed by atoms with Crippen LogP contribution < -0.4 is 30.7 Å². The van der Waals surface area contributed by atoms with Crippen LogP contribution in [0.25, 0.3) is 0 Å². The Morgan fingerprint density at radius 3 is 2.59 bits per heavy atom.